The third-order valence-corrected chi connectivity index (χ3v) is 3.56. The van der Waals surface area contributed by atoms with E-state index in [2.05, 4.69) is 15.8 Å². The number of nitrogens with zero attached hydrogens (tertiary/aromatic N) is 1. The molecule has 25 heavy (non-hydrogen) atoms. The number of anilines is 1. The van der Waals surface area contributed by atoms with Gasteiger partial charge < -0.3 is 5.32 Å². The number of hydrogen-bond donors (Lipinski definition) is 2. The summed E-state index contributed by atoms with van der Waals surface area (Å²) < 4.78 is 13.5. The molecule has 0 atom stereocenters. The van der Waals surface area contributed by atoms with E-state index in [9.17, 15) is 14.0 Å². The SMILES string of the molecule is CCc1ccccc1NC(=O)CC(C)=NNC(=O)c1ccccc1F. The highest BCUT2D eigenvalue weighted by Crippen LogP contribution is 2.15. The third-order valence-electron chi connectivity index (χ3n) is 3.56. The molecule has 0 radical (unpaired) electrons. The van der Waals surface area contributed by atoms with Crippen LogP contribution in [0.4, 0.5) is 10.1 Å². The second-order valence-electron chi connectivity index (χ2n) is 5.50. The zero-order chi connectivity index (χ0) is 18.2. The molecule has 2 N–H and O–H groups in total. The van der Waals surface area contributed by atoms with Crippen LogP contribution < -0.4 is 10.7 Å². The van der Waals surface area contributed by atoms with Crippen LogP contribution in [-0.2, 0) is 11.2 Å². The number of para-hydroxylation sites is 1. The normalized spacial score (nSPS) is 11.1. The van der Waals surface area contributed by atoms with Gasteiger partial charge in [0.1, 0.15) is 5.82 Å². The first-order valence-corrected chi connectivity index (χ1v) is 7.97. The van der Waals surface area contributed by atoms with Gasteiger partial charge in [-0.15, -0.1) is 0 Å². The van der Waals surface area contributed by atoms with E-state index in [1.807, 2.05) is 31.2 Å². The largest absolute Gasteiger partial charge is 0.326 e. The molecule has 2 rings (SSSR count). The highest BCUT2D eigenvalue weighted by atomic mass is 19.1. The molecule has 0 fully saturated rings. The maximum atomic E-state index is 13.5. The average molecular weight is 341 g/mol. The Balaban J connectivity index is 1.93. The molecule has 0 aliphatic rings. The fourth-order valence-corrected chi connectivity index (χ4v) is 2.27. The first-order chi connectivity index (χ1) is 12.0. The first kappa shape index (κ1) is 18.3. The molecule has 0 aromatic heterocycles. The number of aryl methyl sites for hydroxylation is 1. The summed E-state index contributed by atoms with van der Waals surface area (Å²) in [5.74, 6) is -1.52. The van der Waals surface area contributed by atoms with E-state index < -0.39 is 11.7 Å². The standard InChI is InChI=1S/C19H20FN3O2/c1-3-14-8-4-7-11-17(14)21-18(24)12-13(2)22-23-19(25)15-9-5-6-10-16(15)20/h4-11H,3,12H2,1-2H3,(H,21,24)(H,23,25). The lowest BCUT2D eigenvalue weighted by molar-refractivity contribution is -0.115. The summed E-state index contributed by atoms with van der Waals surface area (Å²) in [7, 11) is 0. The maximum absolute atomic E-state index is 13.5. The van der Waals surface area contributed by atoms with Gasteiger partial charge in [-0.1, -0.05) is 37.3 Å². The van der Waals surface area contributed by atoms with Crippen LogP contribution in [0.3, 0.4) is 0 Å². The Hall–Kier alpha value is -3.02. The molecule has 0 heterocycles. The number of carbonyl (C=O) groups excluding carboxylic acids is 2. The Bertz CT molecular complexity index is 803. The predicted octanol–water partition coefficient (Wildman–Crippen LogP) is 3.52. The summed E-state index contributed by atoms with van der Waals surface area (Å²) in [6.07, 6.45) is 0.831. The van der Waals surface area contributed by atoms with Gasteiger partial charge >= 0.3 is 0 Å². The molecule has 2 aromatic carbocycles. The molecule has 0 saturated heterocycles. The van der Waals surface area contributed by atoms with Crippen LogP contribution in [0.1, 0.15) is 36.2 Å². The van der Waals surface area contributed by atoms with Gasteiger partial charge in [0.2, 0.25) is 5.91 Å². The molecule has 0 unspecified atom stereocenters. The van der Waals surface area contributed by atoms with Crippen molar-refractivity contribution in [1.29, 1.82) is 0 Å². The topological polar surface area (TPSA) is 70.6 Å². The van der Waals surface area contributed by atoms with Gasteiger partial charge in [-0.25, -0.2) is 9.82 Å². The van der Waals surface area contributed by atoms with Crippen LogP contribution in [0, 0.1) is 5.82 Å². The number of nitrogens with one attached hydrogen (secondary N) is 2. The van der Waals surface area contributed by atoms with Crippen molar-refractivity contribution in [3.05, 3.63) is 65.5 Å². The summed E-state index contributed by atoms with van der Waals surface area (Å²) in [4.78, 5) is 24.0. The van der Waals surface area contributed by atoms with Crippen LogP contribution >= 0.6 is 0 Å². The van der Waals surface area contributed by atoms with Crippen LogP contribution in [-0.4, -0.2) is 17.5 Å². The maximum Gasteiger partial charge on any atom is 0.274 e. The zero-order valence-electron chi connectivity index (χ0n) is 14.2. The molecular formula is C19H20FN3O2. The first-order valence-electron chi connectivity index (χ1n) is 7.97. The van der Waals surface area contributed by atoms with E-state index >= 15 is 0 Å². The molecule has 2 amide bonds. The number of hydrogen-bond acceptors (Lipinski definition) is 3. The molecule has 0 aliphatic heterocycles. The monoisotopic (exact) mass is 341 g/mol. The number of carbonyl (C=O) groups is 2. The van der Waals surface area contributed by atoms with E-state index in [1.54, 1.807) is 13.0 Å². The van der Waals surface area contributed by atoms with E-state index in [0.29, 0.717) is 5.71 Å². The lowest BCUT2D eigenvalue weighted by atomic mass is 10.1. The Kier molecular flexibility index (Phi) is 6.39. The van der Waals surface area contributed by atoms with E-state index in [0.717, 1.165) is 17.7 Å². The molecule has 0 spiro atoms. The molecule has 0 bridgehead atoms. The fourth-order valence-electron chi connectivity index (χ4n) is 2.27. The van der Waals surface area contributed by atoms with Crippen molar-refractivity contribution in [1.82, 2.24) is 5.43 Å². The van der Waals surface area contributed by atoms with Gasteiger partial charge in [0.25, 0.3) is 5.91 Å². The third kappa shape index (κ3) is 5.24. The summed E-state index contributed by atoms with van der Waals surface area (Å²) in [5.41, 5.74) is 4.38. The predicted molar refractivity (Wildman–Crippen MR) is 96.0 cm³/mol. The molecule has 5 nitrogen and oxygen atoms in total. The number of amides is 2. The molecule has 6 heteroatoms. The minimum absolute atomic E-state index is 0.0234. The number of hydrazone groups is 1. The van der Waals surface area contributed by atoms with E-state index in [1.165, 1.54) is 18.2 Å². The quantitative estimate of drug-likeness (QED) is 0.623. The average Bonchev–Trinajstić information content (AvgIpc) is 2.60. The number of rotatable bonds is 6. The van der Waals surface area contributed by atoms with Crippen molar-refractivity contribution >= 4 is 23.2 Å². The van der Waals surface area contributed by atoms with E-state index in [4.69, 9.17) is 0 Å². The van der Waals surface area contributed by atoms with Crippen molar-refractivity contribution < 1.29 is 14.0 Å². The van der Waals surface area contributed by atoms with Crippen molar-refractivity contribution in [2.24, 2.45) is 5.10 Å². The van der Waals surface area contributed by atoms with Gasteiger partial charge in [0.15, 0.2) is 0 Å². The van der Waals surface area contributed by atoms with E-state index in [-0.39, 0.29) is 17.9 Å². The second kappa shape index (κ2) is 8.73. The van der Waals surface area contributed by atoms with Gasteiger partial charge in [-0.05, 0) is 37.1 Å². The Morgan fingerprint density at radius 3 is 2.48 bits per heavy atom. The number of halogens is 1. The Morgan fingerprint density at radius 1 is 1.08 bits per heavy atom. The fraction of sp³-hybridized carbons (Fsp3) is 0.211. The van der Waals surface area contributed by atoms with Crippen LogP contribution in [0.15, 0.2) is 53.6 Å². The van der Waals surface area contributed by atoms with Gasteiger partial charge in [0, 0.05) is 11.4 Å². The minimum Gasteiger partial charge on any atom is -0.326 e. The molecule has 130 valence electrons. The Morgan fingerprint density at radius 2 is 1.76 bits per heavy atom. The van der Waals surface area contributed by atoms with Crippen molar-refractivity contribution in [3.8, 4) is 0 Å². The molecule has 2 aromatic rings. The summed E-state index contributed by atoms with van der Waals surface area (Å²) in [6.45, 7) is 3.63. The Labute approximate surface area is 145 Å². The molecule has 0 aliphatic carbocycles. The number of benzene rings is 2. The van der Waals surface area contributed by atoms with Crippen molar-refractivity contribution in [3.63, 3.8) is 0 Å². The second-order valence-corrected chi connectivity index (χ2v) is 5.50. The van der Waals surface area contributed by atoms with Crippen molar-refractivity contribution in [2.45, 2.75) is 26.7 Å². The van der Waals surface area contributed by atoms with Gasteiger partial charge in [0.05, 0.1) is 12.0 Å². The highest BCUT2D eigenvalue weighted by Gasteiger charge is 2.11. The van der Waals surface area contributed by atoms with Crippen LogP contribution in [0.25, 0.3) is 0 Å². The summed E-state index contributed by atoms with van der Waals surface area (Å²) in [5, 5.41) is 6.68. The van der Waals surface area contributed by atoms with Gasteiger partial charge in [-0.3, -0.25) is 9.59 Å². The minimum atomic E-state index is -0.658. The summed E-state index contributed by atoms with van der Waals surface area (Å²) in [6, 6.07) is 13.2. The summed E-state index contributed by atoms with van der Waals surface area (Å²) >= 11 is 0. The lowest BCUT2D eigenvalue weighted by Crippen LogP contribution is -2.22. The van der Waals surface area contributed by atoms with Crippen LogP contribution in [0.5, 0.6) is 0 Å². The highest BCUT2D eigenvalue weighted by molar-refractivity contribution is 6.06. The smallest absolute Gasteiger partial charge is 0.274 e. The molecular weight excluding hydrogens is 321 g/mol. The molecule has 0 saturated carbocycles. The zero-order valence-corrected chi connectivity index (χ0v) is 14.2. The van der Waals surface area contributed by atoms with Crippen LogP contribution in [0.2, 0.25) is 0 Å². The van der Waals surface area contributed by atoms with Gasteiger partial charge in [-0.2, -0.15) is 5.10 Å². The lowest BCUT2D eigenvalue weighted by Gasteiger charge is -2.09. The van der Waals surface area contributed by atoms with Crippen molar-refractivity contribution in [2.75, 3.05) is 5.32 Å².